The van der Waals surface area contributed by atoms with Gasteiger partial charge in [0.25, 0.3) is 0 Å². The summed E-state index contributed by atoms with van der Waals surface area (Å²) in [6, 6.07) is 31.0. The molecule has 0 heterocycles. The number of nitrogens with zero attached hydrogens (tertiary/aromatic N) is 1. The molecule has 1 unspecified atom stereocenters. The molecule has 3 aliphatic rings. The van der Waals surface area contributed by atoms with E-state index in [1.807, 2.05) is 0 Å². The van der Waals surface area contributed by atoms with Crippen LogP contribution in [0.15, 0.2) is 101 Å². The minimum atomic E-state index is -0.886. The second-order valence-corrected chi connectivity index (χ2v) is 10.6. The summed E-state index contributed by atoms with van der Waals surface area (Å²) in [6.45, 7) is 2.12. The molecule has 0 bridgehead atoms. The first-order valence-corrected chi connectivity index (χ1v) is 13.0. The van der Waals surface area contributed by atoms with Crippen LogP contribution in [0.1, 0.15) is 46.2 Å². The molecule has 172 valence electrons. The number of rotatable bonds is 2. The average Bonchev–Trinajstić information content (AvgIpc) is 3.43. The number of aryl methyl sites for hydroxylation is 1. The molecule has 0 aromatic heterocycles. The van der Waals surface area contributed by atoms with Gasteiger partial charge in [-0.05, 0) is 93.5 Å². The van der Waals surface area contributed by atoms with Crippen molar-refractivity contribution in [1.82, 2.24) is 0 Å². The van der Waals surface area contributed by atoms with E-state index in [-0.39, 0.29) is 0 Å². The molecule has 0 aliphatic heterocycles. The minimum absolute atomic E-state index is 0.885. The number of fused-ring (bicyclic) bond motifs is 7. The Balaban J connectivity index is 1.64. The zero-order chi connectivity index (χ0) is 24.4. The van der Waals surface area contributed by atoms with Gasteiger partial charge in [0.15, 0.2) is 0 Å². The molecule has 3 aliphatic carbocycles. The number of allylic oxidation sites excluding steroid dienone is 4. The van der Waals surface area contributed by atoms with Gasteiger partial charge in [-0.3, -0.25) is 0 Å². The van der Waals surface area contributed by atoms with Gasteiger partial charge in [0, 0.05) is 4.90 Å². The Hall–Kier alpha value is -3.80. The SMILES string of the molecule is Cc1ccc2c(c1)C(C#N)(C1=C(c3ccccc3)CCC=C1)c1cc(S)c3c(c1-2)-c1ccccc1C3. The summed E-state index contributed by atoms with van der Waals surface area (Å²) in [5.41, 5.74) is 13.6. The molecular weight excluding hydrogens is 454 g/mol. The van der Waals surface area contributed by atoms with Gasteiger partial charge in [-0.25, -0.2) is 0 Å². The van der Waals surface area contributed by atoms with Crippen LogP contribution in [-0.4, -0.2) is 0 Å². The third-order valence-corrected chi connectivity index (χ3v) is 8.58. The van der Waals surface area contributed by atoms with E-state index in [2.05, 4.69) is 104 Å². The van der Waals surface area contributed by atoms with E-state index in [1.54, 1.807) is 0 Å². The van der Waals surface area contributed by atoms with Crippen LogP contribution in [0.3, 0.4) is 0 Å². The molecule has 0 radical (unpaired) electrons. The first-order chi connectivity index (χ1) is 17.6. The van der Waals surface area contributed by atoms with E-state index in [1.165, 1.54) is 50.1 Å². The van der Waals surface area contributed by atoms with E-state index >= 15 is 0 Å². The topological polar surface area (TPSA) is 23.8 Å². The van der Waals surface area contributed by atoms with Crippen molar-refractivity contribution >= 4 is 18.2 Å². The van der Waals surface area contributed by atoms with E-state index in [4.69, 9.17) is 12.6 Å². The lowest BCUT2D eigenvalue weighted by Crippen LogP contribution is -2.27. The maximum Gasteiger partial charge on any atom is 0.134 e. The molecule has 2 heteroatoms. The van der Waals surface area contributed by atoms with Crippen LogP contribution in [0.4, 0.5) is 0 Å². The van der Waals surface area contributed by atoms with Crippen molar-refractivity contribution in [1.29, 1.82) is 5.26 Å². The van der Waals surface area contributed by atoms with Gasteiger partial charge in [-0.15, -0.1) is 12.6 Å². The van der Waals surface area contributed by atoms with Gasteiger partial charge in [0.2, 0.25) is 0 Å². The third-order valence-electron chi connectivity index (χ3n) is 8.18. The highest BCUT2D eigenvalue weighted by Gasteiger charge is 2.49. The fraction of sp³-hybridized carbons (Fsp3) is 0.147. The summed E-state index contributed by atoms with van der Waals surface area (Å²) in [7, 11) is 0. The molecule has 0 saturated heterocycles. The Kier molecular flexibility index (Phi) is 4.69. The molecule has 0 fully saturated rings. The van der Waals surface area contributed by atoms with Crippen molar-refractivity contribution in [3.8, 4) is 28.3 Å². The lowest BCUT2D eigenvalue weighted by Gasteiger charge is -2.31. The van der Waals surface area contributed by atoms with E-state index in [0.29, 0.717) is 0 Å². The van der Waals surface area contributed by atoms with Gasteiger partial charge in [0.1, 0.15) is 5.41 Å². The fourth-order valence-electron chi connectivity index (χ4n) is 6.63. The number of benzene rings is 4. The van der Waals surface area contributed by atoms with Crippen LogP contribution < -0.4 is 0 Å². The first-order valence-electron chi connectivity index (χ1n) is 12.6. The standard InChI is InChI=1S/C34H25NS/c1-21-15-16-26-29(17-21)34(20-35,28-14-8-7-12-24(28)22-9-3-2-4-10-22)30-19-31(36)27-18-23-11-5-6-13-25(23)32(27)33(26)30/h2-6,8-11,13-17,19,36H,7,12,18H2,1H3. The lowest BCUT2D eigenvalue weighted by molar-refractivity contribution is 0.802. The summed E-state index contributed by atoms with van der Waals surface area (Å²) >= 11 is 5.02. The van der Waals surface area contributed by atoms with Crippen molar-refractivity contribution in [3.63, 3.8) is 0 Å². The molecule has 0 saturated carbocycles. The van der Waals surface area contributed by atoms with Crippen LogP contribution in [-0.2, 0) is 11.8 Å². The van der Waals surface area contributed by atoms with Crippen molar-refractivity contribution < 1.29 is 0 Å². The zero-order valence-electron chi connectivity index (χ0n) is 20.2. The van der Waals surface area contributed by atoms with E-state index in [0.717, 1.165) is 40.9 Å². The predicted molar refractivity (Wildman–Crippen MR) is 150 cm³/mol. The molecule has 0 N–H and O–H groups in total. The van der Waals surface area contributed by atoms with Gasteiger partial charge in [0.05, 0.1) is 6.07 Å². The molecule has 4 aromatic rings. The van der Waals surface area contributed by atoms with Crippen LogP contribution in [0.2, 0.25) is 0 Å². The summed E-state index contributed by atoms with van der Waals surface area (Å²) in [5, 5.41) is 11.2. The second-order valence-electron chi connectivity index (χ2n) is 10.1. The number of nitriles is 1. The molecule has 0 spiro atoms. The largest absolute Gasteiger partial charge is 0.197 e. The predicted octanol–water partition coefficient (Wildman–Crippen LogP) is 8.45. The molecule has 4 aromatic carbocycles. The maximum absolute atomic E-state index is 11.2. The quantitative estimate of drug-likeness (QED) is 0.252. The highest BCUT2D eigenvalue weighted by molar-refractivity contribution is 7.80. The van der Waals surface area contributed by atoms with Crippen LogP contribution >= 0.6 is 12.6 Å². The Morgan fingerprint density at radius 2 is 1.67 bits per heavy atom. The van der Waals surface area contributed by atoms with Crippen molar-refractivity contribution in [3.05, 3.63) is 130 Å². The summed E-state index contributed by atoms with van der Waals surface area (Å²) < 4.78 is 0. The van der Waals surface area contributed by atoms with E-state index < -0.39 is 5.41 Å². The number of hydrogen-bond donors (Lipinski definition) is 1. The Morgan fingerprint density at radius 1 is 0.861 bits per heavy atom. The third kappa shape index (κ3) is 2.78. The summed E-state index contributed by atoms with van der Waals surface area (Å²) in [5.74, 6) is 0. The van der Waals surface area contributed by atoms with Crippen LogP contribution in [0, 0.1) is 18.3 Å². The summed E-state index contributed by atoms with van der Waals surface area (Å²) in [6.07, 6.45) is 7.25. The smallest absolute Gasteiger partial charge is 0.134 e. The highest BCUT2D eigenvalue weighted by Crippen LogP contribution is 2.60. The normalized spacial score (nSPS) is 18.9. The molecular formula is C34H25NS. The Morgan fingerprint density at radius 3 is 2.50 bits per heavy atom. The Bertz CT molecular complexity index is 1680. The van der Waals surface area contributed by atoms with Crippen molar-refractivity contribution in [2.24, 2.45) is 0 Å². The monoisotopic (exact) mass is 479 g/mol. The second kappa shape index (κ2) is 7.85. The fourth-order valence-corrected chi connectivity index (χ4v) is 6.95. The molecule has 1 atom stereocenters. The highest BCUT2D eigenvalue weighted by atomic mass is 32.1. The zero-order valence-corrected chi connectivity index (χ0v) is 21.1. The van der Waals surface area contributed by atoms with Gasteiger partial charge in [-0.2, -0.15) is 5.26 Å². The molecule has 0 amide bonds. The maximum atomic E-state index is 11.2. The number of thiol groups is 1. The van der Waals surface area contributed by atoms with Crippen LogP contribution in [0.5, 0.6) is 0 Å². The summed E-state index contributed by atoms with van der Waals surface area (Å²) in [4.78, 5) is 0.978. The molecule has 36 heavy (non-hydrogen) atoms. The van der Waals surface area contributed by atoms with Crippen LogP contribution in [0.25, 0.3) is 27.8 Å². The van der Waals surface area contributed by atoms with Crippen molar-refractivity contribution in [2.75, 3.05) is 0 Å². The Labute approximate surface area is 217 Å². The van der Waals surface area contributed by atoms with Gasteiger partial charge >= 0.3 is 0 Å². The average molecular weight is 480 g/mol. The molecule has 1 nitrogen and oxygen atoms in total. The molecule has 7 rings (SSSR count). The lowest BCUT2D eigenvalue weighted by atomic mass is 9.68. The van der Waals surface area contributed by atoms with Crippen molar-refractivity contribution in [2.45, 2.75) is 36.5 Å². The van der Waals surface area contributed by atoms with Gasteiger partial charge < -0.3 is 0 Å². The van der Waals surface area contributed by atoms with E-state index in [9.17, 15) is 5.26 Å². The minimum Gasteiger partial charge on any atom is -0.197 e. The van der Waals surface area contributed by atoms with Gasteiger partial charge in [-0.1, -0.05) is 90.5 Å². The first kappa shape index (κ1) is 21.5. The number of hydrogen-bond acceptors (Lipinski definition) is 2.